The van der Waals surface area contributed by atoms with E-state index >= 15 is 0 Å². The van der Waals surface area contributed by atoms with Crippen LogP contribution in [0.5, 0.6) is 0 Å². The molecule has 0 spiro atoms. The zero-order valence-electron chi connectivity index (χ0n) is 15.2. The summed E-state index contributed by atoms with van der Waals surface area (Å²) >= 11 is 0. The average molecular weight is 355 g/mol. The van der Waals surface area contributed by atoms with Crippen molar-refractivity contribution in [3.05, 3.63) is 60.2 Å². The summed E-state index contributed by atoms with van der Waals surface area (Å²) in [7, 11) is 3.38. The second-order valence-electron chi connectivity index (χ2n) is 5.82. The van der Waals surface area contributed by atoms with Crippen LogP contribution in [-0.4, -0.2) is 45.7 Å². The summed E-state index contributed by atoms with van der Waals surface area (Å²) in [5, 5.41) is 5.92. The van der Waals surface area contributed by atoms with Crippen molar-refractivity contribution in [3.63, 3.8) is 0 Å². The number of amides is 2. The lowest BCUT2D eigenvalue weighted by Crippen LogP contribution is -2.32. The maximum Gasteiger partial charge on any atom is 0.251 e. The number of nitrogens with zero attached hydrogens (tertiary/aromatic N) is 1. The summed E-state index contributed by atoms with van der Waals surface area (Å²) in [4.78, 5) is 25.9. The standard InChI is InChI=1S/C20H25N3O3/c1-23(18-7-4-3-5-8-18)19(24)15-22-17-11-9-16(10-12-17)20(25)21-13-6-14-26-2/h3-5,7-12,22H,6,13-15H2,1-2H3,(H,21,25). The number of benzene rings is 2. The number of hydrogen-bond acceptors (Lipinski definition) is 4. The molecule has 2 amide bonds. The summed E-state index contributed by atoms with van der Waals surface area (Å²) in [6.07, 6.45) is 0.777. The number of carbonyl (C=O) groups is 2. The number of ether oxygens (including phenoxy) is 1. The molecule has 0 aromatic heterocycles. The molecule has 0 heterocycles. The first-order chi connectivity index (χ1) is 12.6. The first kappa shape index (κ1) is 19.5. The maximum absolute atomic E-state index is 12.3. The fourth-order valence-electron chi connectivity index (χ4n) is 2.35. The topological polar surface area (TPSA) is 70.7 Å². The Morgan fingerprint density at radius 2 is 1.73 bits per heavy atom. The van der Waals surface area contributed by atoms with Crippen molar-refractivity contribution in [1.82, 2.24) is 5.32 Å². The molecule has 6 heteroatoms. The minimum atomic E-state index is -0.118. The Labute approximate surface area is 154 Å². The van der Waals surface area contributed by atoms with Gasteiger partial charge in [0, 0.05) is 44.2 Å². The van der Waals surface area contributed by atoms with Crippen LogP contribution in [0.15, 0.2) is 54.6 Å². The average Bonchev–Trinajstić information content (AvgIpc) is 2.69. The van der Waals surface area contributed by atoms with E-state index in [1.54, 1.807) is 43.3 Å². The molecular weight excluding hydrogens is 330 g/mol. The number of carbonyl (C=O) groups excluding carboxylic acids is 2. The summed E-state index contributed by atoms with van der Waals surface area (Å²) in [5.41, 5.74) is 2.22. The van der Waals surface area contributed by atoms with Gasteiger partial charge in [-0.05, 0) is 42.8 Å². The van der Waals surface area contributed by atoms with Crippen LogP contribution in [0.4, 0.5) is 11.4 Å². The van der Waals surface area contributed by atoms with Crippen molar-refractivity contribution in [2.24, 2.45) is 0 Å². The van der Waals surface area contributed by atoms with Gasteiger partial charge in [0.2, 0.25) is 5.91 Å². The Kier molecular flexibility index (Phi) is 7.64. The molecule has 0 saturated heterocycles. The molecule has 0 atom stereocenters. The fraction of sp³-hybridized carbons (Fsp3) is 0.300. The molecule has 0 aliphatic rings. The molecule has 0 saturated carbocycles. The van der Waals surface area contributed by atoms with Crippen LogP contribution in [-0.2, 0) is 9.53 Å². The molecule has 0 aliphatic carbocycles. The normalized spacial score (nSPS) is 10.2. The van der Waals surface area contributed by atoms with Gasteiger partial charge >= 0.3 is 0 Å². The fourth-order valence-corrected chi connectivity index (χ4v) is 2.35. The first-order valence-electron chi connectivity index (χ1n) is 8.54. The SMILES string of the molecule is COCCCNC(=O)c1ccc(NCC(=O)N(C)c2ccccc2)cc1. The minimum Gasteiger partial charge on any atom is -0.385 e. The summed E-state index contributed by atoms with van der Waals surface area (Å²) in [6, 6.07) is 16.5. The highest BCUT2D eigenvalue weighted by Gasteiger charge is 2.10. The van der Waals surface area contributed by atoms with Crippen LogP contribution in [0.1, 0.15) is 16.8 Å². The van der Waals surface area contributed by atoms with E-state index in [1.165, 1.54) is 0 Å². The van der Waals surface area contributed by atoms with E-state index in [9.17, 15) is 9.59 Å². The molecule has 2 N–H and O–H groups in total. The molecule has 2 aromatic carbocycles. The van der Waals surface area contributed by atoms with Crippen LogP contribution in [0, 0.1) is 0 Å². The van der Waals surface area contributed by atoms with Crippen LogP contribution < -0.4 is 15.5 Å². The van der Waals surface area contributed by atoms with Crippen molar-refractivity contribution in [2.45, 2.75) is 6.42 Å². The van der Waals surface area contributed by atoms with Gasteiger partial charge in [0.15, 0.2) is 0 Å². The number of likely N-dealkylation sites (N-methyl/N-ethyl adjacent to an activating group) is 1. The van der Waals surface area contributed by atoms with E-state index < -0.39 is 0 Å². The van der Waals surface area contributed by atoms with E-state index in [0.29, 0.717) is 18.7 Å². The zero-order chi connectivity index (χ0) is 18.8. The van der Waals surface area contributed by atoms with Crippen LogP contribution >= 0.6 is 0 Å². The molecule has 0 fully saturated rings. The van der Waals surface area contributed by atoms with E-state index in [2.05, 4.69) is 10.6 Å². The van der Waals surface area contributed by atoms with Crippen molar-refractivity contribution in [3.8, 4) is 0 Å². The summed E-state index contributed by atoms with van der Waals surface area (Å²) in [5.74, 6) is -0.163. The molecule has 2 rings (SSSR count). The monoisotopic (exact) mass is 355 g/mol. The highest BCUT2D eigenvalue weighted by molar-refractivity contribution is 5.96. The summed E-state index contributed by atoms with van der Waals surface area (Å²) in [6.45, 7) is 1.37. The lowest BCUT2D eigenvalue weighted by molar-refractivity contribution is -0.116. The molecule has 138 valence electrons. The van der Waals surface area contributed by atoms with Gasteiger partial charge in [-0.1, -0.05) is 18.2 Å². The van der Waals surface area contributed by atoms with Gasteiger partial charge in [0.25, 0.3) is 5.91 Å². The second kappa shape index (κ2) is 10.2. The Morgan fingerprint density at radius 1 is 1.04 bits per heavy atom. The van der Waals surface area contributed by atoms with E-state index in [4.69, 9.17) is 4.74 Å². The second-order valence-corrected chi connectivity index (χ2v) is 5.82. The quantitative estimate of drug-likeness (QED) is 0.678. The number of anilines is 2. The maximum atomic E-state index is 12.3. The molecule has 26 heavy (non-hydrogen) atoms. The van der Waals surface area contributed by atoms with Crippen LogP contribution in [0.3, 0.4) is 0 Å². The molecule has 0 bridgehead atoms. The summed E-state index contributed by atoms with van der Waals surface area (Å²) < 4.78 is 4.95. The first-order valence-corrected chi connectivity index (χ1v) is 8.54. The Hall–Kier alpha value is -2.86. The Balaban J connectivity index is 1.81. The third-order valence-corrected chi connectivity index (χ3v) is 3.92. The number of hydrogen-bond donors (Lipinski definition) is 2. The molecule has 2 aromatic rings. The third-order valence-electron chi connectivity index (χ3n) is 3.92. The molecule has 6 nitrogen and oxygen atoms in total. The largest absolute Gasteiger partial charge is 0.385 e. The Bertz CT molecular complexity index is 702. The molecular formula is C20H25N3O3. The van der Waals surface area contributed by atoms with Crippen molar-refractivity contribution in [1.29, 1.82) is 0 Å². The van der Waals surface area contributed by atoms with Crippen molar-refractivity contribution < 1.29 is 14.3 Å². The van der Waals surface area contributed by atoms with Gasteiger partial charge in [0.05, 0.1) is 6.54 Å². The zero-order valence-corrected chi connectivity index (χ0v) is 15.2. The predicted molar refractivity (Wildman–Crippen MR) is 104 cm³/mol. The van der Waals surface area contributed by atoms with Gasteiger partial charge in [-0.3, -0.25) is 9.59 Å². The minimum absolute atomic E-state index is 0.0452. The van der Waals surface area contributed by atoms with Gasteiger partial charge in [-0.15, -0.1) is 0 Å². The van der Waals surface area contributed by atoms with Gasteiger partial charge in [-0.2, -0.15) is 0 Å². The number of nitrogens with one attached hydrogen (secondary N) is 2. The lowest BCUT2D eigenvalue weighted by atomic mass is 10.2. The van der Waals surface area contributed by atoms with Crippen molar-refractivity contribution in [2.75, 3.05) is 44.1 Å². The van der Waals surface area contributed by atoms with Crippen molar-refractivity contribution >= 4 is 23.2 Å². The number of methoxy groups -OCH3 is 1. The van der Waals surface area contributed by atoms with Gasteiger partial charge < -0.3 is 20.3 Å². The van der Waals surface area contributed by atoms with E-state index in [0.717, 1.165) is 17.8 Å². The van der Waals surface area contributed by atoms with Gasteiger partial charge in [-0.25, -0.2) is 0 Å². The predicted octanol–water partition coefficient (Wildman–Crippen LogP) is 2.53. The Morgan fingerprint density at radius 3 is 2.38 bits per heavy atom. The molecule has 0 unspecified atom stereocenters. The number of para-hydroxylation sites is 1. The van der Waals surface area contributed by atoms with E-state index in [-0.39, 0.29) is 18.4 Å². The number of rotatable bonds is 9. The van der Waals surface area contributed by atoms with Crippen LogP contribution in [0.2, 0.25) is 0 Å². The third kappa shape index (κ3) is 5.89. The molecule has 0 aliphatic heterocycles. The van der Waals surface area contributed by atoms with Gasteiger partial charge in [0.1, 0.15) is 0 Å². The highest BCUT2D eigenvalue weighted by atomic mass is 16.5. The van der Waals surface area contributed by atoms with E-state index in [1.807, 2.05) is 30.3 Å². The van der Waals surface area contributed by atoms with Crippen LogP contribution in [0.25, 0.3) is 0 Å². The molecule has 0 radical (unpaired) electrons. The lowest BCUT2D eigenvalue weighted by Gasteiger charge is -2.18. The highest BCUT2D eigenvalue weighted by Crippen LogP contribution is 2.12. The smallest absolute Gasteiger partial charge is 0.251 e.